The van der Waals surface area contributed by atoms with Crippen molar-refractivity contribution in [3.05, 3.63) is 23.0 Å². The summed E-state index contributed by atoms with van der Waals surface area (Å²) in [6.07, 6.45) is 0.405. The van der Waals surface area contributed by atoms with Gasteiger partial charge in [0.05, 0.1) is 11.8 Å². The highest BCUT2D eigenvalue weighted by atomic mass is 35.5. The van der Waals surface area contributed by atoms with Crippen molar-refractivity contribution in [1.29, 1.82) is 0 Å². The molecule has 1 saturated heterocycles. The number of methoxy groups -OCH3 is 1. The van der Waals surface area contributed by atoms with E-state index in [1.165, 1.54) is 17.5 Å². The first kappa shape index (κ1) is 14.5. The van der Waals surface area contributed by atoms with Crippen molar-refractivity contribution in [1.82, 2.24) is 4.31 Å². The topological polar surface area (TPSA) is 72.6 Å². The summed E-state index contributed by atoms with van der Waals surface area (Å²) in [5.74, 6) is -0.967. The molecule has 2 rings (SSSR count). The lowest BCUT2D eigenvalue weighted by Crippen LogP contribution is -2.30. The van der Waals surface area contributed by atoms with E-state index in [-0.39, 0.29) is 29.9 Å². The van der Waals surface area contributed by atoms with Gasteiger partial charge in [-0.2, -0.15) is 4.31 Å². The second kappa shape index (κ2) is 5.24. The van der Waals surface area contributed by atoms with Gasteiger partial charge in [-0.3, -0.25) is 0 Å². The number of benzene rings is 1. The molecule has 0 bridgehead atoms. The van der Waals surface area contributed by atoms with Gasteiger partial charge in [0.25, 0.3) is 0 Å². The first-order valence-corrected chi connectivity index (χ1v) is 7.45. The van der Waals surface area contributed by atoms with E-state index in [9.17, 15) is 12.8 Å². The van der Waals surface area contributed by atoms with Gasteiger partial charge in [0.1, 0.15) is 4.90 Å². The Morgan fingerprint density at radius 1 is 1.53 bits per heavy atom. The average molecular weight is 309 g/mol. The Morgan fingerprint density at radius 3 is 2.79 bits per heavy atom. The SMILES string of the molecule is COC1CCN(S(=O)(=O)c2cc(Cl)cc(N)c2F)C1. The summed E-state index contributed by atoms with van der Waals surface area (Å²) < 4.78 is 44.8. The third kappa shape index (κ3) is 2.69. The van der Waals surface area contributed by atoms with E-state index in [2.05, 4.69) is 0 Å². The van der Waals surface area contributed by atoms with E-state index >= 15 is 0 Å². The lowest BCUT2D eigenvalue weighted by atomic mass is 10.3. The van der Waals surface area contributed by atoms with Crippen LogP contribution in [0.15, 0.2) is 17.0 Å². The highest BCUT2D eigenvalue weighted by Gasteiger charge is 2.34. The van der Waals surface area contributed by atoms with Crippen molar-refractivity contribution in [2.75, 3.05) is 25.9 Å². The molecule has 1 aliphatic rings. The number of hydrogen-bond donors (Lipinski definition) is 1. The fourth-order valence-corrected chi connectivity index (χ4v) is 3.92. The van der Waals surface area contributed by atoms with Crippen LogP contribution < -0.4 is 5.73 Å². The average Bonchev–Trinajstić information content (AvgIpc) is 2.83. The molecule has 0 aromatic heterocycles. The van der Waals surface area contributed by atoms with Crippen LogP contribution in [-0.4, -0.2) is 39.0 Å². The number of halogens is 2. The van der Waals surface area contributed by atoms with E-state index in [1.54, 1.807) is 0 Å². The number of sulfonamides is 1. The van der Waals surface area contributed by atoms with Crippen LogP contribution in [0.5, 0.6) is 0 Å². The predicted molar refractivity (Wildman–Crippen MR) is 70.0 cm³/mol. The van der Waals surface area contributed by atoms with Gasteiger partial charge in [0.15, 0.2) is 5.82 Å². The lowest BCUT2D eigenvalue weighted by Gasteiger charge is -2.17. The number of nitrogens with two attached hydrogens (primary N) is 1. The van der Waals surface area contributed by atoms with E-state index in [4.69, 9.17) is 22.1 Å². The van der Waals surface area contributed by atoms with Gasteiger partial charge in [-0.1, -0.05) is 11.6 Å². The quantitative estimate of drug-likeness (QED) is 0.858. The molecule has 1 unspecified atom stereocenters. The van der Waals surface area contributed by atoms with Gasteiger partial charge >= 0.3 is 0 Å². The molecule has 0 saturated carbocycles. The standard InChI is InChI=1S/C11H14ClFN2O3S/c1-18-8-2-3-15(6-8)19(16,17)10-5-7(12)4-9(14)11(10)13/h4-5,8H,2-3,6,14H2,1H3. The van der Waals surface area contributed by atoms with Crippen molar-refractivity contribution in [3.63, 3.8) is 0 Å². The van der Waals surface area contributed by atoms with Crippen LogP contribution in [0.25, 0.3) is 0 Å². The highest BCUT2D eigenvalue weighted by Crippen LogP contribution is 2.29. The monoisotopic (exact) mass is 308 g/mol. The Labute approximate surface area is 116 Å². The van der Waals surface area contributed by atoms with Crippen LogP contribution in [0, 0.1) is 5.82 Å². The smallest absolute Gasteiger partial charge is 0.246 e. The Bertz CT molecular complexity index is 594. The molecule has 19 heavy (non-hydrogen) atoms. The number of hydrogen-bond acceptors (Lipinski definition) is 4. The summed E-state index contributed by atoms with van der Waals surface area (Å²) in [6, 6.07) is 2.25. The summed E-state index contributed by atoms with van der Waals surface area (Å²) in [5, 5.41) is 0.0833. The van der Waals surface area contributed by atoms with Gasteiger partial charge in [-0.05, 0) is 18.6 Å². The summed E-state index contributed by atoms with van der Waals surface area (Å²) >= 11 is 5.74. The predicted octanol–water partition coefficient (Wildman–Crippen LogP) is 1.47. The molecule has 5 nitrogen and oxygen atoms in total. The number of nitrogen functional groups attached to an aromatic ring is 1. The van der Waals surface area contributed by atoms with Crippen molar-refractivity contribution in [3.8, 4) is 0 Å². The Morgan fingerprint density at radius 2 is 2.21 bits per heavy atom. The minimum absolute atomic E-state index is 0.0833. The fraction of sp³-hybridized carbons (Fsp3) is 0.455. The molecule has 8 heteroatoms. The Hall–Kier alpha value is -0.890. The van der Waals surface area contributed by atoms with Crippen LogP contribution in [0.1, 0.15) is 6.42 Å². The maximum absolute atomic E-state index is 13.9. The van der Waals surface area contributed by atoms with Gasteiger partial charge in [-0.15, -0.1) is 0 Å². The van der Waals surface area contributed by atoms with Crippen molar-refractivity contribution >= 4 is 27.3 Å². The molecule has 1 aliphatic heterocycles. The summed E-state index contributed by atoms with van der Waals surface area (Å²) in [4.78, 5) is -0.491. The minimum Gasteiger partial charge on any atom is -0.396 e. The normalized spacial score (nSPS) is 20.9. The molecule has 0 spiro atoms. The largest absolute Gasteiger partial charge is 0.396 e. The van der Waals surface area contributed by atoms with Crippen LogP contribution in [0.3, 0.4) is 0 Å². The van der Waals surface area contributed by atoms with E-state index in [0.717, 1.165) is 6.07 Å². The first-order valence-electron chi connectivity index (χ1n) is 5.63. The molecule has 1 aromatic rings. The maximum atomic E-state index is 13.9. The zero-order valence-electron chi connectivity index (χ0n) is 10.3. The molecule has 1 heterocycles. The van der Waals surface area contributed by atoms with Crippen LogP contribution >= 0.6 is 11.6 Å². The molecule has 1 aromatic carbocycles. The summed E-state index contributed by atoms with van der Waals surface area (Å²) in [5.41, 5.74) is 5.12. The Balaban J connectivity index is 2.41. The van der Waals surface area contributed by atoms with Gasteiger partial charge < -0.3 is 10.5 Å². The molecule has 106 valence electrons. The van der Waals surface area contributed by atoms with Gasteiger partial charge in [-0.25, -0.2) is 12.8 Å². The zero-order chi connectivity index (χ0) is 14.2. The van der Waals surface area contributed by atoms with Crippen molar-refractivity contribution in [2.24, 2.45) is 0 Å². The molecule has 1 atom stereocenters. The zero-order valence-corrected chi connectivity index (χ0v) is 11.8. The van der Waals surface area contributed by atoms with Crippen molar-refractivity contribution in [2.45, 2.75) is 17.4 Å². The van der Waals surface area contributed by atoms with E-state index < -0.39 is 20.7 Å². The summed E-state index contributed by atoms with van der Waals surface area (Å²) in [7, 11) is -2.43. The first-order chi connectivity index (χ1) is 8.86. The Kier molecular flexibility index (Phi) is 4.00. The van der Waals surface area contributed by atoms with Gasteiger partial charge in [0, 0.05) is 25.2 Å². The second-order valence-electron chi connectivity index (χ2n) is 4.32. The highest BCUT2D eigenvalue weighted by molar-refractivity contribution is 7.89. The molecule has 0 amide bonds. The maximum Gasteiger partial charge on any atom is 0.246 e. The van der Waals surface area contributed by atoms with Gasteiger partial charge in [0.2, 0.25) is 10.0 Å². The number of ether oxygens (including phenoxy) is 1. The third-order valence-corrected chi connectivity index (χ3v) is 5.17. The fourth-order valence-electron chi connectivity index (χ4n) is 2.02. The molecule has 2 N–H and O–H groups in total. The summed E-state index contributed by atoms with van der Waals surface area (Å²) in [6.45, 7) is 0.484. The molecule has 1 fully saturated rings. The van der Waals surface area contributed by atoms with Crippen LogP contribution in [-0.2, 0) is 14.8 Å². The number of nitrogens with zero attached hydrogens (tertiary/aromatic N) is 1. The molecular weight excluding hydrogens is 295 g/mol. The minimum atomic E-state index is -3.94. The second-order valence-corrected chi connectivity index (χ2v) is 6.66. The lowest BCUT2D eigenvalue weighted by molar-refractivity contribution is 0.115. The number of anilines is 1. The number of rotatable bonds is 3. The molecular formula is C11H14ClFN2O3S. The molecule has 0 aliphatic carbocycles. The van der Waals surface area contributed by atoms with Crippen LogP contribution in [0.4, 0.5) is 10.1 Å². The molecule has 0 radical (unpaired) electrons. The third-order valence-electron chi connectivity index (χ3n) is 3.09. The van der Waals surface area contributed by atoms with E-state index in [1.807, 2.05) is 0 Å². The van der Waals surface area contributed by atoms with Crippen molar-refractivity contribution < 1.29 is 17.5 Å². The van der Waals surface area contributed by atoms with Crippen LogP contribution in [0.2, 0.25) is 5.02 Å². The van der Waals surface area contributed by atoms with E-state index in [0.29, 0.717) is 6.42 Å².